The molecule has 6 nitrogen and oxygen atoms in total. The highest BCUT2D eigenvalue weighted by molar-refractivity contribution is 7.92. The van der Waals surface area contributed by atoms with Crippen LogP contribution in [0.4, 0.5) is 11.4 Å². The van der Waals surface area contributed by atoms with Gasteiger partial charge in [0.25, 0.3) is 15.9 Å². The number of benzene rings is 3. The van der Waals surface area contributed by atoms with Gasteiger partial charge >= 0.3 is 0 Å². The standard InChI is InChI=1S/C22H21ClN2O4S/c1-14-8-11-18(15(2)12-14)25-30(27,28)21-13-16(9-10-17(21)23)22(26)24-19-6-4-5-7-20(19)29-3/h4-13,25H,1-3H3,(H,24,26). The number of anilines is 2. The molecular formula is C22H21ClN2O4S. The Bertz CT molecular complexity index is 1210. The number of para-hydroxylation sites is 2. The van der Waals surface area contributed by atoms with Crippen LogP contribution in [0.3, 0.4) is 0 Å². The van der Waals surface area contributed by atoms with E-state index in [1.165, 1.54) is 25.3 Å². The van der Waals surface area contributed by atoms with E-state index in [-0.39, 0.29) is 15.5 Å². The molecule has 0 saturated heterocycles. The van der Waals surface area contributed by atoms with Gasteiger partial charge in [-0.15, -0.1) is 0 Å². The second-order valence-corrected chi connectivity index (χ2v) is 8.78. The normalized spacial score (nSPS) is 11.1. The van der Waals surface area contributed by atoms with Gasteiger partial charge in [-0.3, -0.25) is 9.52 Å². The van der Waals surface area contributed by atoms with E-state index in [2.05, 4.69) is 10.0 Å². The van der Waals surface area contributed by atoms with Gasteiger partial charge in [0.2, 0.25) is 0 Å². The van der Waals surface area contributed by atoms with E-state index in [4.69, 9.17) is 16.3 Å². The number of methoxy groups -OCH3 is 1. The second-order valence-electron chi connectivity index (χ2n) is 6.72. The van der Waals surface area contributed by atoms with E-state index >= 15 is 0 Å². The molecule has 0 unspecified atom stereocenters. The van der Waals surface area contributed by atoms with Gasteiger partial charge in [-0.1, -0.05) is 41.4 Å². The van der Waals surface area contributed by atoms with Crippen molar-refractivity contribution in [1.29, 1.82) is 0 Å². The van der Waals surface area contributed by atoms with Gasteiger partial charge < -0.3 is 10.1 Å². The highest BCUT2D eigenvalue weighted by Gasteiger charge is 2.21. The van der Waals surface area contributed by atoms with Gasteiger partial charge in [-0.05, 0) is 55.8 Å². The summed E-state index contributed by atoms with van der Waals surface area (Å²) in [5.74, 6) is 0.00306. The van der Waals surface area contributed by atoms with Crippen LogP contribution in [-0.2, 0) is 10.0 Å². The van der Waals surface area contributed by atoms with Gasteiger partial charge in [0.05, 0.1) is 23.5 Å². The smallest absolute Gasteiger partial charge is 0.263 e. The molecule has 0 fully saturated rings. The van der Waals surface area contributed by atoms with Crippen LogP contribution in [0.2, 0.25) is 5.02 Å². The van der Waals surface area contributed by atoms with Crippen LogP contribution >= 0.6 is 11.6 Å². The van der Waals surface area contributed by atoms with Crippen LogP contribution in [-0.4, -0.2) is 21.4 Å². The molecule has 0 aliphatic heterocycles. The summed E-state index contributed by atoms with van der Waals surface area (Å²) in [5, 5.41) is 2.73. The number of carbonyl (C=O) groups excluding carboxylic acids is 1. The van der Waals surface area contributed by atoms with E-state index < -0.39 is 15.9 Å². The Labute approximate surface area is 180 Å². The summed E-state index contributed by atoms with van der Waals surface area (Å²) in [6, 6.07) is 16.4. The highest BCUT2D eigenvalue weighted by Crippen LogP contribution is 2.28. The summed E-state index contributed by atoms with van der Waals surface area (Å²) in [4.78, 5) is 12.5. The number of rotatable bonds is 6. The number of sulfonamides is 1. The van der Waals surface area contributed by atoms with Gasteiger partial charge in [0, 0.05) is 5.56 Å². The van der Waals surface area contributed by atoms with E-state index in [0.29, 0.717) is 17.1 Å². The Morgan fingerprint density at radius 2 is 1.70 bits per heavy atom. The average Bonchev–Trinajstić information content (AvgIpc) is 2.70. The van der Waals surface area contributed by atoms with Crippen molar-refractivity contribution >= 4 is 38.9 Å². The van der Waals surface area contributed by atoms with Crippen molar-refractivity contribution in [2.24, 2.45) is 0 Å². The number of amides is 1. The van der Waals surface area contributed by atoms with E-state index in [9.17, 15) is 13.2 Å². The number of ether oxygens (including phenoxy) is 1. The number of nitrogens with one attached hydrogen (secondary N) is 2. The lowest BCUT2D eigenvalue weighted by Crippen LogP contribution is -2.17. The van der Waals surface area contributed by atoms with Crippen LogP contribution in [0.1, 0.15) is 21.5 Å². The molecule has 0 aromatic heterocycles. The maximum absolute atomic E-state index is 12.9. The summed E-state index contributed by atoms with van der Waals surface area (Å²) in [7, 11) is -2.51. The van der Waals surface area contributed by atoms with Gasteiger partial charge in [0.15, 0.2) is 0 Å². The van der Waals surface area contributed by atoms with Gasteiger partial charge in [-0.2, -0.15) is 0 Å². The molecule has 2 N–H and O–H groups in total. The van der Waals surface area contributed by atoms with Crippen molar-refractivity contribution in [3.63, 3.8) is 0 Å². The highest BCUT2D eigenvalue weighted by atomic mass is 35.5. The Kier molecular flexibility index (Phi) is 6.34. The first-order chi connectivity index (χ1) is 14.2. The van der Waals surface area contributed by atoms with Crippen molar-refractivity contribution in [3.8, 4) is 5.75 Å². The van der Waals surface area contributed by atoms with E-state index in [1.54, 1.807) is 30.3 Å². The largest absolute Gasteiger partial charge is 0.495 e. The number of carbonyl (C=O) groups is 1. The van der Waals surface area contributed by atoms with Gasteiger partial charge in [0.1, 0.15) is 10.6 Å². The van der Waals surface area contributed by atoms with Crippen LogP contribution in [0, 0.1) is 13.8 Å². The van der Waals surface area contributed by atoms with Crippen molar-refractivity contribution in [2.75, 3.05) is 17.1 Å². The average molecular weight is 445 g/mol. The third-order valence-electron chi connectivity index (χ3n) is 4.46. The Balaban J connectivity index is 1.91. The summed E-state index contributed by atoms with van der Waals surface area (Å²) in [6.45, 7) is 3.73. The number of hydrogen-bond acceptors (Lipinski definition) is 4. The van der Waals surface area contributed by atoms with Crippen LogP contribution < -0.4 is 14.8 Å². The number of hydrogen-bond donors (Lipinski definition) is 2. The number of halogens is 1. The Hall–Kier alpha value is -3.03. The summed E-state index contributed by atoms with van der Waals surface area (Å²) in [6.07, 6.45) is 0. The predicted molar refractivity (Wildman–Crippen MR) is 119 cm³/mol. The molecule has 0 spiro atoms. The zero-order valence-corrected chi connectivity index (χ0v) is 18.3. The molecule has 0 bridgehead atoms. The molecule has 8 heteroatoms. The molecule has 0 aliphatic rings. The third kappa shape index (κ3) is 4.75. The summed E-state index contributed by atoms with van der Waals surface area (Å²) < 4.78 is 33.7. The molecule has 0 heterocycles. The molecule has 3 rings (SSSR count). The molecule has 0 saturated carbocycles. The molecule has 156 valence electrons. The molecule has 30 heavy (non-hydrogen) atoms. The summed E-state index contributed by atoms with van der Waals surface area (Å²) >= 11 is 6.15. The van der Waals surface area contributed by atoms with Crippen molar-refractivity contribution < 1.29 is 17.9 Å². The zero-order chi connectivity index (χ0) is 21.9. The fourth-order valence-electron chi connectivity index (χ4n) is 2.92. The maximum Gasteiger partial charge on any atom is 0.263 e. The molecule has 0 atom stereocenters. The Morgan fingerprint density at radius 3 is 2.40 bits per heavy atom. The Morgan fingerprint density at radius 1 is 0.967 bits per heavy atom. The van der Waals surface area contributed by atoms with Crippen molar-refractivity contribution in [1.82, 2.24) is 0 Å². The van der Waals surface area contributed by atoms with Crippen LogP contribution in [0.15, 0.2) is 65.6 Å². The lowest BCUT2D eigenvalue weighted by atomic mass is 10.1. The first kappa shape index (κ1) is 21.7. The van der Waals surface area contributed by atoms with Gasteiger partial charge in [-0.25, -0.2) is 8.42 Å². The predicted octanol–water partition coefficient (Wildman–Crippen LogP) is 5.02. The molecule has 0 aliphatic carbocycles. The fourth-order valence-corrected chi connectivity index (χ4v) is 4.58. The number of aryl methyl sites for hydroxylation is 2. The SMILES string of the molecule is COc1ccccc1NC(=O)c1ccc(Cl)c(S(=O)(=O)Nc2ccc(C)cc2C)c1. The molecule has 0 radical (unpaired) electrons. The molecule has 3 aromatic rings. The maximum atomic E-state index is 12.9. The second kappa shape index (κ2) is 8.77. The van der Waals surface area contributed by atoms with Crippen molar-refractivity contribution in [3.05, 3.63) is 82.4 Å². The monoisotopic (exact) mass is 444 g/mol. The lowest BCUT2D eigenvalue weighted by Gasteiger charge is -2.14. The minimum absolute atomic E-state index is 0.0149. The molecule has 3 aromatic carbocycles. The lowest BCUT2D eigenvalue weighted by molar-refractivity contribution is 0.102. The first-order valence-electron chi connectivity index (χ1n) is 9.05. The van der Waals surface area contributed by atoms with Crippen molar-refractivity contribution in [2.45, 2.75) is 18.7 Å². The minimum atomic E-state index is -4.01. The topological polar surface area (TPSA) is 84.5 Å². The summed E-state index contributed by atoms with van der Waals surface area (Å²) in [5.41, 5.74) is 2.85. The quantitative estimate of drug-likeness (QED) is 0.559. The first-order valence-corrected chi connectivity index (χ1v) is 10.9. The van der Waals surface area contributed by atoms with Crippen LogP contribution in [0.5, 0.6) is 5.75 Å². The molecular weight excluding hydrogens is 424 g/mol. The van der Waals surface area contributed by atoms with E-state index in [0.717, 1.165) is 11.1 Å². The minimum Gasteiger partial charge on any atom is -0.495 e. The zero-order valence-electron chi connectivity index (χ0n) is 16.7. The van der Waals surface area contributed by atoms with E-state index in [1.807, 2.05) is 26.0 Å². The fraction of sp³-hybridized carbons (Fsp3) is 0.136. The third-order valence-corrected chi connectivity index (χ3v) is 6.31. The van der Waals surface area contributed by atoms with Crippen LogP contribution in [0.25, 0.3) is 0 Å². The molecule has 1 amide bonds.